The Balaban J connectivity index is 2.41. The topological polar surface area (TPSA) is 65.8 Å². The van der Waals surface area contributed by atoms with Gasteiger partial charge in [0.2, 0.25) is 0 Å². The van der Waals surface area contributed by atoms with Crippen molar-refractivity contribution in [2.75, 3.05) is 5.73 Å². The fraction of sp³-hybridized carbons (Fsp3) is 0.333. The molecule has 0 saturated heterocycles. The molecule has 5 nitrogen and oxygen atoms in total. The number of imidazole rings is 1. The van der Waals surface area contributed by atoms with E-state index in [1.54, 1.807) is 30.2 Å². The Bertz CT molecular complexity index is 609. The van der Waals surface area contributed by atoms with Crippen LogP contribution in [0.5, 0.6) is 0 Å². The van der Waals surface area contributed by atoms with Crippen molar-refractivity contribution in [3.05, 3.63) is 45.9 Å². The highest BCUT2D eigenvalue weighted by molar-refractivity contribution is 5.53. The first kappa shape index (κ1) is 11.4. The lowest BCUT2D eigenvalue weighted by Crippen LogP contribution is -2.23. The van der Waals surface area contributed by atoms with Crippen molar-refractivity contribution in [1.29, 1.82) is 0 Å². The maximum Gasteiger partial charge on any atom is 0.328 e. The maximum absolute atomic E-state index is 11.7. The molecular weight excluding hydrogens is 216 g/mol. The van der Waals surface area contributed by atoms with Crippen LogP contribution in [0.25, 0.3) is 0 Å². The zero-order chi connectivity index (χ0) is 12.6. The van der Waals surface area contributed by atoms with E-state index in [1.807, 2.05) is 13.8 Å². The van der Waals surface area contributed by atoms with Gasteiger partial charge in [0.1, 0.15) is 0 Å². The summed E-state index contributed by atoms with van der Waals surface area (Å²) in [5.74, 6) is 0. The predicted molar refractivity (Wildman–Crippen MR) is 66.9 cm³/mol. The third-order valence-electron chi connectivity index (χ3n) is 3.01. The van der Waals surface area contributed by atoms with Crippen LogP contribution >= 0.6 is 0 Å². The lowest BCUT2D eigenvalue weighted by Gasteiger charge is -2.09. The van der Waals surface area contributed by atoms with Crippen molar-refractivity contribution in [2.24, 2.45) is 7.05 Å². The summed E-state index contributed by atoms with van der Waals surface area (Å²) in [5, 5.41) is 0. The minimum atomic E-state index is -0.0506. The van der Waals surface area contributed by atoms with E-state index >= 15 is 0 Å². The number of nitrogens with two attached hydrogens (primary N) is 1. The van der Waals surface area contributed by atoms with Gasteiger partial charge in [0, 0.05) is 31.3 Å². The quantitative estimate of drug-likeness (QED) is 0.834. The average Bonchev–Trinajstić information content (AvgIpc) is 2.62. The van der Waals surface area contributed by atoms with E-state index in [4.69, 9.17) is 5.73 Å². The first-order valence-corrected chi connectivity index (χ1v) is 5.43. The van der Waals surface area contributed by atoms with Gasteiger partial charge in [-0.05, 0) is 25.0 Å². The number of aromatic nitrogens is 3. The molecule has 0 atom stereocenters. The molecule has 0 aromatic carbocycles. The summed E-state index contributed by atoms with van der Waals surface area (Å²) in [7, 11) is 1.72. The number of nitrogen functional groups attached to an aromatic ring is 1. The predicted octanol–water partition coefficient (Wildman–Crippen LogP) is 0.829. The number of nitrogens with zero attached hydrogens (tertiary/aromatic N) is 3. The molecule has 17 heavy (non-hydrogen) atoms. The number of hydrogen-bond acceptors (Lipinski definition) is 3. The summed E-state index contributed by atoms with van der Waals surface area (Å²) in [6.07, 6.45) is 5.22. The van der Waals surface area contributed by atoms with E-state index in [0.717, 1.165) is 22.5 Å². The molecule has 0 saturated carbocycles. The summed E-state index contributed by atoms with van der Waals surface area (Å²) >= 11 is 0. The monoisotopic (exact) mass is 232 g/mol. The summed E-state index contributed by atoms with van der Waals surface area (Å²) in [5.41, 5.74) is 9.39. The molecule has 5 heteroatoms. The maximum atomic E-state index is 11.7. The van der Waals surface area contributed by atoms with Crippen molar-refractivity contribution in [3.63, 3.8) is 0 Å². The van der Waals surface area contributed by atoms with Gasteiger partial charge in [-0.2, -0.15) is 0 Å². The molecule has 0 radical (unpaired) electrons. The van der Waals surface area contributed by atoms with Crippen LogP contribution in [0.4, 0.5) is 5.69 Å². The minimum absolute atomic E-state index is 0.0506. The fourth-order valence-corrected chi connectivity index (χ4v) is 1.74. The standard InChI is InChI=1S/C12H16N4O/c1-8-6-14-10(9(2)11(8)13)7-16-5-4-15(3)12(16)17/h4-6H,7H2,1-3H3,(H2,13,14). The zero-order valence-electron chi connectivity index (χ0n) is 10.3. The summed E-state index contributed by atoms with van der Waals surface area (Å²) in [6.45, 7) is 4.31. The molecule has 2 N–H and O–H groups in total. The molecule has 2 heterocycles. The molecule has 0 bridgehead atoms. The Labute approximate surface area is 99.5 Å². The van der Waals surface area contributed by atoms with Crippen molar-refractivity contribution >= 4 is 5.69 Å². The molecule has 90 valence electrons. The van der Waals surface area contributed by atoms with Crippen LogP contribution in [0.1, 0.15) is 16.8 Å². The third kappa shape index (κ3) is 1.95. The van der Waals surface area contributed by atoms with Crippen molar-refractivity contribution in [3.8, 4) is 0 Å². The van der Waals surface area contributed by atoms with Gasteiger partial charge in [-0.25, -0.2) is 4.79 Å². The Kier molecular flexibility index (Phi) is 2.75. The lowest BCUT2D eigenvalue weighted by molar-refractivity contribution is 0.701. The van der Waals surface area contributed by atoms with Gasteiger partial charge >= 0.3 is 5.69 Å². The van der Waals surface area contributed by atoms with E-state index in [2.05, 4.69) is 4.98 Å². The second-order valence-corrected chi connectivity index (χ2v) is 4.25. The molecular formula is C12H16N4O. The Morgan fingerprint density at radius 3 is 2.65 bits per heavy atom. The highest BCUT2D eigenvalue weighted by atomic mass is 16.1. The van der Waals surface area contributed by atoms with Crippen LogP contribution in [-0.4, -0.2) is 14.1 Å². The molecule has 0 fully saturated rings. The van der Waals surface area contributed by atoms with Crippen LogP contribution in [0.2, 0.25) is 0 Å². The number of hydrogen-bond donors (Lipinski definition) is 1. The SMILES string of the molecule is Cc1cnc(Cn2ccn(C)c2=O)c(C)c1N. The first-order chi connectivity index (χ1) is 8.00. The molecule has 0 amide bonds. The number of rotatable bonds is 2. The molecule has 0 unspecified atom stereocenters. The second-order valence-electron chi connectivity index (χ2n) is 4.25. The van der Waals surface area contributed by atoms with Crippen LogP contribution < -0.4 is 11.4 Å². The van der Waals surface area contributed by atoms with Crippen molar-refractivity contribution < 1.29 is 0 Å². The molecule has 0 aliphatic carbocycles. The van der Waals surface area contributed by atoms with Gasteiger partial charge < -0.3 is 10.3 Å². The van der Waals surface area contributed by atoms with E-state index in [1.165, 1.54) is 4.57 Å². The molecule has 2 aromatic heterocycles. The first-order valence-electron chi connectivity index (χ1n) is 5.43. The summed E-state index contributed by atoms with van der Waals surface area (Å²) in [6, 6.07) is 0. The van der Waals surface area contributed by atoms with E-state index in [-0.39, 0.29) is 5.69 Å². The van der Waals surface area contributed by atoms with E-state index in [9.17, 15) is 4.79 Å². The number of aryl methyl sites for hydroxylation is 2. The Hall–Kier alpha value is -2.04. The van der Waals surface area contributed by atoms with Gasteiger partial charge in [-0.3, -0.25) is 9.55 Å². The number of pyridine rings is 1. The van der Waals surface area contributed by atoms with Gasteiger partial charge in [-0.1, -0.05) is 0 Å². The molecule has 2 aromatic rings. The average molecular weight is 232 g/mol. The van der Waals surface area contributed by atoms with Crippen LogP contribution in [-0.2, 0) is 13.6 Å². The smallest absolute Gasteiger partial charge is 0.328 e. The van der Waals surface area contributed by atoms with Crippen molar-refractivity contribution in [1.82, 2.24) is 14.1 Å². The lowest BCUT2D eigenvalue weighted by atomic mass is 10.1. The third-order valence-corrected chi connectivity index (χ3v) is 3.01. The fourth-order valence-electron chi connectivity index (χ4n) is 1.74. The van der Waals surface area contributed by atoms with Gasteiger partial charge in [0.25, 0.3) is 0 Å². The highest BCUT2D eigenvalue weighted by Crippen LogP contribution is 2.18. The van der Waals surface area contributed by atoms with Crippen LogP contribution in [0, 0.1) is 13.8 Å². The number of anilines is 1. The second kappa shape index (κ2) is 4.08. The van der Waals surface area contributed by atoms with Crippen LogP contribution in [0.15, 0.2) is 23.4 Å². The minimum Gasteiger partial charge on any atom is -0.398 e. The van der Waals surface area contributed by atoms with Gasteiger partial charge in [0.05, 0.1) is 12.2 Å². The van der Waals surface area contributed by atoms with E-state index in [0.29, 0.717) is 6.54 Å². The Morgan fingerprint density at radius 2 is 2.06 bits per heavy atom. The van der Waals surface area contributed by atoms with Gasteiger partial charge in [0.15, 0.2) is 0 Å². The molecule has 2 rings (SSSR count). The zero-order valence-corrected chi connectivity index (χ0v) is 10.3. The van der Waals surface area contributed by atoms with Crippen LogP contribution in [0.3, 0.4) is 0 Å². The van der Waals surface area contributed by atoms with E-state index < -0.39 is 0 Å². The largest absolute Gasteiger partial charge is 0.398 e. The van der Waals surface area contributed by atoms with Gasteiger partial charge in [-0.15, -0.1) is 0 Å². The highest BCUT2D eigenvalue weighted by Gasteiger charge is 2.08. The van der Waals surface area contributed by atoms with Crippen molar-refractivity contribution in [2.45, 2.75) is 20.4 Å². The normalized spacial score (nSPS) is 10.8. The molecule has 0 aliphatic heterocycles. The molecule has 0 spiro atoms. The summed E-state index contributed by atoms with van der Waals surface area (Å²) < 4.78 is 3.15. The molecule has 0 aliphatic rings. The Morgan fingerprint density at radius 1 is 1.35 bits per heavy atom. The summed E-state index contributed by atoms with van der Waals surface area (Å²) in [4.78, 5) is 16.0.